The Kier molecular flexibility index (Phi) is 3.67. The number of hydrogen-bond donors (Lipinski definition) is 1. The van der Waals surface area contributed by atoms with Gasteiger partial charge in [0.05, 0.1) is 0 Å². The van der Waals surface area contributed by atoms with E-state index in [4.69, 9.17) is 0 Å². The summed E-state index contributed by atoms with van der Waals surface area (Å²) in [5.74, 6) is 0.759. The van der Waals surface area contributed by atoms with Crippen molar-refractivity contribution in [1.29, 1.82) is 0 Å². The highest BCUT2D eigenvalue weighted by atomic mass is 14.9. The molecule has 1 aliphatic rings. The molecule has 3 nitrogen and oxygen atoms in total. The molecule has 1 unspecified atom stereocenters. The molecule has 15 heavy (non-hydrogen) atoms. The minimum absolute atomic E-state index is 0.437. The van der Waals surface area contributed by atoms with Crippen molar-refractivity contribution < 1.29 is 0 Å². The molecule has 0 bridgehead atoms. The van der Waals surface area contributed by atoms with Gasteiger partial charge in [0, 0.05) is 24.0 Å². The Morgan fingerprint density at radius 3 is 2.47 bits per heavy atom. The second kappa shape index (κ2) is 5.21. The maximum Gasteiger partial charge on any atom is 0.115 e. The molecular formula is C12H19N3. The molecule has 0 radical (unpaired) electrons. The molecule has 1 fully saturated rings. The van der Waals surface area contributed by atoms with Crippen molar-refractivity contribution in [3.8, 4) is 0 Å². The van der Waals surface area contributed by atoms with Gasteiger partial charge >= 0.3 is 0 Å². The normalized spacial score (nSPS) is 20.1. The van der Waals surface area contributed by atoms with Gasteiger partial charge in [-0.05, 0) is 25.8 Å². The molecule has 0 aromatic carbocycles. The first-order valence-corrected chi connectivity index (χ1v) is 5.84. The minimum Gasteiger partial charge on any atom is -0.313 e. The van der Waals surface area contributed by atoms with E-state index in [0.29, 0.717) is 6.04 Å². The van der Waals surface area contributed by atoms with Crippen LogP contribution in [0.5, 0.6) is 0 Å². The molecule has 1 N–H and O–H groups in total. The zero-order chi connectivity index (χ0) is 10.5. The molecule has 0 saturated heterocycles. The van der Waals surface area contributed by atoms with Crippen LogP contribution in [0.2, 0.25) is 0 Å². The van der Waals surface area contributed by atoms with E-state index >= 15 is 0 Å². The van der Waals surface area contributed by atoms with Crippen molar-refractivity contribution in [2.24, 2.45) is 5.92 Å². The maximum atomic E-state index is 4.10. The number of rotatable bonds is 3. The fourth-order valence-electron chi connectivity index (χ4n) is 2.61. The lowest BCUT2D eigenvalue weighted by molar-refractivity contribution is 0.281. The van der Waals surface area contributed by atoms with Crippen LogP contribution in [0.4, 0.5) is 0 Å². The summed E-state index contributed by atoms with van der Waals surface area (Å²) in [6.45, 7) is 0. The van der Waals surface area contributed by atoms with E-state index in [1.807, 2.05) is 19.4 Å². The van der Waals surface area contributed by atoms with Crippen LogP contribution in [0.15, 0.2) is 18.7 Å². The smallest absolute Gasteiger partial charge is 0.115 e. The van der Waals surface area contributed by atoms with Gasteiger partial charge in [-0.15, -0.1) is 0 Å². The molecule has 1 aliphatic carbocycles. The second-order valence-electron chi connectivity index (χ2n) is 4.34. The van der Waals surface area contributed by atoms with E-state index in [-0.39, 0.29) is 0 Å². The van der Waals surface area contributed by atoms with Crippen molar-refractivity contribution in [2.45, 2.75) is 38.1 Å². The SMILES string of the molecule is CNC(c1cncnc1)C1CCCCC1. The summed E-state index contributed by atoms with van der Waals surface area (Å²) in [7, 11) is 2.03. The average molecular weight is 205 g/mol. The first kappa shape index (κ1) is 10.6. The standard InChI is InChI=1S/C12H19N3/c1-13-12(10-5-3-2-4-6-10)11-7-14-9-15-8-11/h7-10,12-13H,2-6H2,1H3. The van der Waals surface area contributed by atoms with E-state index < -0.39 is 0 Å². The number of nitrogens with one attached hydrogen (secondary N) is 1. The molecular weight excluding hydrogens is 186 g/mol. The average Bonchev–Trinajstić information content (AvgIpc) is 2.33. The number of nitrogens with zero attached hydrogens (tertiary/aromatic N) is 2. The molecule has 0 aliphatic heterocycles. The Balaban J connectivity index is 2.09. The Hall–Kier alpha value is -0.960. The molecule has 1 heterocycles. The van der Waals surface area contributed by atoms with Gasteiger partial charge < -0.3 is 5.32 Å². The molecule has 0 amide bonds. The van der Waals surface area contributed by atoms with Gasteiger partial charge in [-0.3, -0.25) is 0 Å². The van der Waals surface area contributed by atoms with Gasteiger partial charge in [0.2, 0.25) is 0 Å². The summed E-state index contributed by atoms with van der Waals surface area (Å²) < 4.78 is 0. The Bertz CT molecular complexity index is 280. The zero-order valence-electron chi connectivity index (χ0n) is 9.32. The van der Waals surface area contributed by atoms with Crippen molar-refractivity contribution >= 4 is 0 Å². The van der Waals surface area contributed by atoms with Gasteiger partial charge in [0.1, 0.15) is 6.33 Å². The lowest BCUT2D eigenvalue weighted by Gasteiger charge is -2.29. The van der Waals surface area contributed by atoms with Crippen LogP contribution >= 0.6 is 0 Å². The third-order valence-corrected chi connectivity index (χ3v) is 3.37. The Labute approximate surface area is 91.3 Å². The highest BCUT2D eigenvalue weighted by molar-refractivity contribution is 5.10. The predicted molar refractivity (Wildman–Crippen MR) is 60.4 cm³/mol. The monoisotopic (exact) mass is 205 g/mol. The molecule has 0 spiro atoms. The highest BCUT2D eigenvalue weighted by Crippen LogP contribution is 2.33. The summed E-state index contributed by atoms with van der Waals surface area (Å²) in [5.41, 5.74) is 1.23. The van der Waals surface area contributed by atoms with E-state index in [1.54, 1.807) is 6.33 Å². The van der Waals surface area contributed by atoms with E-state index in [9.17, 15) is 0 Å². The number of aromatic nitrogens is 2. The van der Waals surface area contributed by atoms with Crippen molar-refractivity contribution in [2.75, 3.05) is 7.05 Å². The second-order valence-corrected chi connectivity index (χ2v) is 4.34. The predicted octanol–water partition coefficient (Wildman–Crippen LogP) is 2.32. The maximum absolute atomic E-state index is 4.10. The summed E-state index contributed by atoms with van der Waals surface area (Å²) >= 11 is 0. The molecule has 1 aromatic rings. The van der Waals surface area contributed by atoms with Crippen molar-refractivity contribution in [1.82, 2.24) is 15.3 Å². The van der Waals surface area contributed by atoms with Crippen LogP contribution in [0.3, 0.4) is 0 Å². The van der Waals surface area contributed by atoms with Crippen molar-refractivity contribution in [3.63, 3.8) is 0 Å². The first-order chi connectivity index (χ1) is 7.42. The molecule has 2 rings (SSSR count). The van der Waals surface area contributed by atoms with Crippen LogP contribution < -0.4 is 5.32 Å². The summed E-state index contributed by atoms with van der Waals surface area (Å²) in [6, 6.07) is 0.437. The van der Waals surface area contributed by atoms with E-state index in [1.165, 1.54) is 37.7 Å². The first-order valence-electron chi connectivity index (χ1n) is 5.84. The van der Waals surface area contributed by atoms with Crippen LogP contribution in [0.1, 0.15) is 43.7 Å². The van der Waals surface area contributed by atoms with Crippen molar-refractivity contribution in [3.05, 3.63) is 24.3 Å². The van der Waals surface area contributed by atoms with Gasteiger partial charge in [-0.1, -0.05) is 19.3 Å². The van der Waals surface area contributed by atoms with Gasteiger partial charge in [-0.2, -0.15) is 0 Å². The fraction of sp³-hybridized carbons (Fsp3) is 0.667. The topological polar surface area (TPSA) is 37.8 Å². The van der Waals surface area contributed by atoms with Crippen LogP contribution in [0, 0.1) is 5.92 Å². The third kappa shape index (κ3) is 2.53. The van der Waals surface area contributed by atoms with Crippen LogP contribution in [-0.2, 0) is 0 Å². The number of hydrogen-bond acceptors (Lipinski definition) is 3. The molecule has 1 atom stereocenters. The quantitative estimate of drug-likeness (QED) is 0.823. The van der Waals surface area contributed by atoms with Crippen LogP contribution in [-0.4, -0.2) is 17.0 Å². The van der Waals surface area contributed by atoms with E-state index in [0.717, 1.165) is 5.92 Å². The minimum atomic E-state index is 0.437. The summed E-state index contributed by atoms with van der Waals surface area (Å²) in [5, 5.41) is 3.41. The Morgan fingerprint density at radius 2 is 1.87 bits per heavy atom. The molecule has 82 valence electrons. The van der Waals surface area contributed by atoms with E-state index in [2.05, 4.69) is 15.3 Å². The van der Waals surface area contributed by atoms with Gasteiger partial charge in [-0.25, -0.2) is 9.97 Å². The summed E-state index contributed by atoms with van der Waals surface area (Å²) in [4.78, 5) is 8.19. The molecule has 1 aromatic heterocycles. The fourth-order valence-corrected chi connectivity index (χ4v) is 2.61. The Morgan fingerprint density at radius 1 is 1.20 bits per heavy atom. The lowest BCUT2D eigenvalue weighted by atomic mass is 9.82. The molecule has 3 heteroatoms. The highest BCUT2D eigenvalue weighted by Gasteiger charge is 2.23. The third-order valence-electron chi connectivity index (χ3n) is 3.37. The van der Waals surface area contributed by atoms with Gasteiger partial charge in [0.15, 0.2) is 0 Å². The summed E-state index contributed by atoms with van der Waals surface area (Å²) in [6.07, 6.45) is 12.3. The van der Waals surface area contributed by atoms with Crippen LogP contribution in [0.25, 0.3) is 0 Å². The lowest BCUT2D eigenvalue weighted by Crippen LogP contribution is -2.27. The molecule has 1 saturated carbocycles. The largest absolute Gasteiger partial charge is 0.313 e. The zero-order valence-corrected chi connectivity index (χ0v) is 9.32. The van der Waals surface area contributed by atoms with Gasteiger partial charge in [0.25, 0.3) is 0 Å².